The van der Waals surface area contributed by atoms with Crippen LogP contribution >= 0.6 is 15.9 Å². The van der Waals surface area contributed by atoms with Gasteiger partial charge in [0.2, 0.25) is 0 Å². The number of hydrogen-bond donors (Lipinski definition) is 4. The van der Waals surface area contributed by atoms with Gasteiger partial charge in [-0.2, -0.15) is 0 Å². The van der Waals surface area contributed by atoms with Crippen LogP contribution in [-0.4, -0.2) is 35.5 Å². The van der Waals surface area contributed by atoms with Crippen LogP contribution in [0.2, 0.25) is 0 Å². The van der Waals surface area contributed by atoms with Gasteiger partial charge in [-0.15, -0.1) is 0 Å². The summed E-state index contributed by atoms with van der Waals surface area (Å²) < 4.78 is 11.5. The molecule has 2 aromatic rings. The first kappa shape index (κ1) is 22.4. The molecular formula is C20H21BrN2O6. The monoisotopic (exact) mass is 464 g/mol. The molecule has 0 fully saturated rings. The number of hydrogen-bond acceptors (Lipinski definition) is 6. The normalized spacial score (nSPS) is 13.0. The second-order valence-electron chi connectivity index (χ2n) is 6.06. The van der Waals surface area contributed by atoms with E-state index < -0.39 is 24.2 Å². The van der Waals surface area contributed by atoms with Crippen LogP contribution in [0.15, 0.2) is 59.1 Å². The molecule has 0 bridgehead atoms. The summed E-state index contributed by atoms with van der Waals surface area (Å²) in [5.74, 6) is -0.906. The van der Waals surface area contributed by atoms with Gasteiger partial charge in [0.25, 0.3) is 5.91 Å². The summed E-state index contributed by atoms with van der Waals surface area (Å²) in [4.78, 5) is 23.8. The van der Waals surface area contributed by atoms with E-state index in [0.29, 0.717) is 10.2 Å². The molecule has 0 aromatic heterocycles. The number of methoxy groups -OCH3 is 1. The lowest BCUT2D eigenvalue weighted by atomic mass is 10.0. The van der Waals surface area contributed by atoms with Crippen LogP contribution in [0.25, 0.3) is 0 Å². The zero-order chi connectivity index (χ0) is 21.4. The number of anilines is 1. The minimum Gasteiger partial charge on any atom is -0.508 e. The van der Waals surface area contributed by atoms with Crippen LogP contribution in [0.3, 0.4) is 0 Å². The van der Waals surface area contributed by atoms with Crippen LogP contribution in [0.5, 0.6) is 5.75 Å². The number of aromatic hydroxyl groups is 1. The molecule has 8 nitrogen and oxygen atoms in total. The lowest BCUT2D eigenvalue weighted by Crippen LogP contribution is -2.27. The Morgan fingerprint density at radius 3 is 2.48 bits per heavy atom. The second-order valence-corrected chi connectivity index (χ2v) is 6.97. The summed E-state index contributed by atoms with van der Waals surface area (Å²) in [5.41, 5.74) is 3.29. The van der Waals surface area contributed by atoms with Crippen molar-refractivity contribution in [3.63, 3.8) is 0 Å². The van der Waals surface area contributed by atoms with Crippen LogP contribution < -0.4 is 10.8 Å². The lowest BCUT2D eigenvalue weighted by Gasteiger charge is -2.25. The highest BCUT2D eigenvalue weighted by Crippen LogP contribution is 2.34. The Balaban J connectivity index is 2.31. The number of carbonyl (C=O) groups is 2. The van der Waals surface area contributed by atoms with Crippen molar-refractivity contribution in [3.05, 3.63) is 70.2 Å². The number of rotatable bonds is 7. The molecule has 0 aliphatic rings. The molecule has 154 valence electrons. The molecule has 2 aromatic carbocycles. The average Bonchev–Trinajstić information content (AvgIpc) is 2.70. The van der Waals surface area contributed by atoms with E-state index in [1.165, 1.54) is 24.7 Å². The van der Waals surface area contributed by atoms with Crippen molar-refractivity contribution in [3.8, 4) is 5.75 Å². The van der Waals surface area contributed by atoms with Crippen LogP contribution in [-0.2, 0) is 14.3 Å². The minimum absolute atomic E-state index is 0.122. The van der Waals surface area contributed by atoms with Crippen molar-refractivity contribution < 1.29 is 29.4 Å². The number of amides is 2. The fourth-order valence-corrected chi connectivity index (χ4v) is 2.86. The first-order chi connectivity index (χ1) is 13.8. The number of nitrogens with one attached hydrogen (secondary N) is 2. The van der Waals surface area contributed by atoms with E-state index in [4.69, 9.17) is 14.7 Å². The molecule has 0 spiro atoms. The molecule has 0 aliphatic heterocycles. The molecule has 2 atom stereocenters. The molecule has 0 saturated carbocycles. The summed E-state index contributed by atoms with van der Waals surface area (Å²) in [6.45, 7) is 1.92. The van der Waals surface area contributed by atoms with Gasteiger partial charge in [-0.1, -0.05) is 33.6 Å². The third-order valence-corrected chi connectivity index (χ3v) is 4.44. The first-order valence-electron chi connectivity index (χ1n) is 8.51. The molecule has 29 heavy (non-hydrogen) atoms. The van der Waals surface area contributed by atoms with Gasteiger partial charge in [-0.05, 0) is 43.3 Å². The van der Waals surface area contributed by atoms with Crippen molar-refractivity contribution >= 4 is 33.6 Å². The lowest BCUT2D eigenvalue weighted by molar-refractivity contribution is -0.124. The minimum atomic E-state index is -1.09. The maximum absolute atomic E-state index is 12.5. The Hall–Kier alpha value is -2.88. The Morgan fingerprint density at radius 1 is 1.17 bits per heavy atom. The number of halogens is 1. The summed E-state index contributed by atoms with van der Waals surface area (Å²) in [6, 6.07) is 11.8. The number of phenolic OH excluding ortho intramolecular Hbond substituents is 1. The van der Waals surface area contributed by atoms with Crippen molar-refractivity contribution in [2.45, 2.75) is 19.1 Å². The van der Waals surface area contributed by atoms with E-state index in [2.05, 4.69) is 21.2 Å². The molecule has 4 N–H and O–H groups in total. The number of phenols is 1. The largest absolute Gasteiger partial charge is 0.508 e. The number of benzene rings is 2. The third kappa shape index (κ3) is 6.60. The van der Waals surface area contributed by atoms with Crippen molar-refractivity contribution in [2.75, 3.05) is 12.4 Å². The van der Waals surface area contributed by atoms with Gasteiger partial charge < -0.3 is 14.6 Å². The molecule has 0 radical (unpaired) electrons. The van der Waals surface area contributed by atoms with Crippen LogP contribution in [0.4, 0.5) is 10.5 Å². The Labute approximate surface area is 176 Å². The number of hydroxylamine groups is 1. The zero-order valence-electron chi connectivity index (χ0n) is 15.8. The molecular weight excluding hydrogens is 444 g/mol. The number of aryl methyl sites for hydroxylation is 1. The second kappa shape index (κ2) is 10.6. The van der Waals surface area contributed by atoms with E-state index in [0.717, 1.165) is 11.6 Å². The average molecular weight is 465 g/mol. The smallest absolute Gasteiger partial charge is 0.412 e. The molecule has 0 heterocycles. The SMILES string of the molecule is CO[C@@H](/C=C/C(=O)NO)[C@@H](OC(=O)Nc1ccc(C)cc1)c1cc(Br)ccc1O. The molecule has 0 aliphatic carbocycles. The first-order valence-corrected chi connectivity index (χ1v) is 9.31. The quantitative estimate of drug-likeness (QED) is 0.281. The fraction of sp³-hybridized carbons (Fsp3) is 0.200. The Morgan fingerprint density at radius 2 is 1.86 bits per heavy atom. The van der Waals surface area contributed by atoms with Gasteiger partial charge in [-0.25, -0.2) is 10.3 Å². The summed E-state index contributed by atoms with van der Waals surface area (Å²) in [7, 11) is 1.36. The predicted octanol–water partition coefficient (Wildman–Crippen LogP) is 3.83. The van der Waals surface area contributed by atoms with E-state index in [-0.39, 0.29) is 11.3 Å². The van der Waals surface area contributed by atoms with Gasteiger partial charge >= 0.3 is 6.09 Å². The van der Waals surface area contributed by atoms with E-state index >= 15 is 0 Å². The van der Waals surface area contributed by atoms with Crippen molar-refractivity contribution in [2.24, 2.45) is 0 Å². The molecule has 2 amide bonds. The van der Waals surface area contributed by atoms with Crippen molar-refractivity contribution in [1.82, 2.24) is 5.48 Å². The third-order valence-electron chi connectivity index (χ3n) is 3.95. The summed E-state index contributed by atoms with van der Waals surface area (Å²) in [6.07, 6.45) is -0.477. The maximum Gasteiger partial charge on any atom is 0.412 e. The van der Waals surface area contributed by atoms with Crippen LogP contribution in [0.1, 0.15) is 17.2 Å². The Bertz CT molecular complexity index is 885. The molecule has 0 saturated heterocycles. The van der Waals surface area contributed by atoms with Gasteiger partial charge in [0.05, 0.1) is 0 Å². The predicted molar refractivity (Wildman–Crippen MR) is 110 cm³/mol. The topological polar surface area (TPSA) is 117 Å². The van der Waals surface area contributed by atoms with Crippen molar-refractivity contribution in [1.29, 1.82) is 0 Å². The number of ether oxygens (including phenoxy) is 2. The van der Waals surface area contributed by atoms with Crippen LogP contribution in [0, 0.1) is 6.92 Å². The number of carbonyl (C=O) groups excluding carboxylic acids is 2. The Kier molecular flexibility index (Phi) is 8.20. The highest BCUT2D eigenvalue weighted by Gasteiger charge is 2.28. The molecule has 9 heteroatoms. The van der Waals surface area contributed by atoms with Gasteiger partial charge in [0.1, 0.15) is 11.9 Å². The van der Waals surface area contributed by atoms with Gasteiger partial charge in [0, 0.05) is 28.9 Å². The summed E-state index contributed by atoms with van der Waals surface area (Å²) >= 11 is 3.31. The van der Waals surface area contributed by atoms with E-state index in [1.54, 1.807) is 24.3 Å². The van der Waals surface area contributed by atoms with E-state index in [9.17, 15) is 14.7 Å². The standard InChI is InChI=1S/C20H21BrN2O6/c1-12-3-6-14(7-4-12)22-20(26)29-19(15-11-13(21)5-8-16(15)24)17(28-2)9-10-18(25)23-27/h3-11,17,19,24,27H,1-2H3,(H,22,26)(H,23,25)/b10-9+/t17-,19-/m0/s1. The highest BCUT2D eigenvalue weighted by molar-refractivity contribution is 9.10. The molecule has 0 unspecified atom stereocenters. The van der Waals surface area contributed by atoms with Gasteiger partial charge in [-0.3, -0.25) is 15.3 Å². The molecule has 2 rings (SSSR count). The van der Waals surface area contributed by atoms with Gasteiger partial charge in [0.15, 0.2) is 6.10 Å². The summed E-state index contributed by atoms with van der Waals surface area (Å²) in [5, 5.41) is 21.5. The zero-order valence-corrected chi connectivity index (χ0v) is 17.3. The fourth-order valence-electron chi connectivity index (χ4n) is 2.48. The maximum atomic E-state index is 12.5. The highest BCUT2D eigenvalue weighted by atomic mass is 79.9. The van der Waals surface area contributed by atoms with E-state index in [1.807, 2.05) is 19.1 Å².